The summed E-state index contributed by atoms with van der Waals surface area (Å²) in [4.78, 5) is 10.6. The maximum absolute atomic E-state index is 10.6. The molecule has 18 heavy (non-hydrogen) atoms. The molecule has 1 rings (SSSR count). The van der Waals surface area contributed by atoms with Gasteiger partial charge in [0.1, 0.15) is 0 Å². The van der Waals surface area contributed by atoms with Crippen LogP contribution in [0.1, 0.15) is 48.4 Å². The molecule has 3 nitrogen and oxygen atoms in total. The molecule has 0 aromatic heterocycles. The predicted molar refractivity (Wildman–Crippen MR) is 75.5 cm³/mol. The summed E-state index contributed by atoms with van der Waals surface area (Å²) in [7, 11) is 0. The van der Waals surface area contributed by atoms with E-state index in [1.54, 1.807) is 0 Å². The second-order valence-corrected chi connectivity index (χ2v) is 5.18. The molecule has 0 aliphatic carbocycles. The zero-order valence-electron chi connectivity index (χ0n) is 11.0. The van der Waals surface area contributed by atoms with Crippen LogP contribution in [0.4, 0.5) is 0 Å². The Kier molecular flexibility index (Phi) is 5.63. The zero-order valence-corrected chi connectivity index (χ0v) is 11.8. The number of benzene rings is 1. The number of carbonyl (C=O) groups excluding carboxylic acids is 1. The Morgan fingerprint density at radius 3 is 2.50 bits per heavy atom. The molecule has 0 aliphatic heterocycles. The van der Waals surface area contributed by atoms with Crippen LogP contribution in [0.5, 0.6) is 0 Å². The van der Waals surface area contributed by atoms with E-state index in [0.717, 1.165) is 29.8 Å². The van der Waals surface area contributed by atoms with Gasteiger partial charge in [-0.2, -0.15) is 0 Å². The van der Waals surface area contributed by atoms with E-state index in [9.17, 15) is 4.79 Å². The van der Waals surface area contributed by atoms with Crippen molar-refractivity contribution in [3.8, 4) is 0 Å². The van der Waals surface area contributed by atoms with Gasteiger partial charge in [0.15, 0.2) is 0 Å². The van der Waals surface area contributed by atoms with Crippen LogP contribution in [0.2, 0.25) is 5.02 Å². The Morgan fingerprint density at radius 2 is 1.89 bits per heavy atom. The molecule has 0 bridgehead atoms. The third-order valence-electron chi connectivity index (χ3n) is 3.20. The number of carbonyl (C=O) groups is 1. The second kappa shape index (κ2) is 6.76. The fourth-order valence-corrected chi connectivity index (χ4v) is 2.26. The Morgan fingerprint density at radius 1 is 1.28 bits per heavy atom. The monoisotopic (exact) mass is 268 g/mol. The SMILES string of the molecule is Cc1cc(Cl)c(C(N)CCCCC(N)=O)cc1C. The van der Waals surface area contributed by atoms with E-state index < -0.39 is 0 Å². The third kappa shape index (κ3) is 4.31. The first-order chi connectivity index (χ1) is 8.41. The highest BCUT2D eigenvalue weighted by Gasteiger charge is 2.11. The maximum Gasteiger partial charge on any atom is 0.217 e. The molecule has 0 aliphatic rings. The second-order valence-electron chi connectivity index (χ2n) is 4.78. The molecule has 1 aromatic carbocycles. The number of hydrogen-bond acceptors (Lipinski definition) is 2. The topological polar surface area (TPSA) is 69.1 Å². The van der Waals surface area contributed by atoms with Crippen molar-refractivity contribution in [3.05, 3.63) is 33.8 Å². The van der Waals surface area contributed by atoms with Crippen molar-refractivity contribution >= 4 is 17.5 Å². The van der Waals surface area contributed by atoms with Crippen LogP contribution in [-0.4, -0.2) is 5.91 Å². The van der Waals surface area contributed by atoms with Gasteiger partial charge in [-0.05, 0) is 49.4 Å². The van der Waals surface area contributed by atoms with Gasteiger partial charge in [0.05, 0.1) is 0 Å². The molecule has 0 radical (unpaired) electrons. The molecule has 0 saturated carbocycles. The first-order valence-electron chi connectivity index (χ1n) is 6.22. The maximum atomic E-state index is 10.6. The lowest BCUT2D eigenvalue weighted by molar-refractivity contribution is -0.118. The molecule has 4 heteroatoms. The largest absolute Gasteiger partial charge is 0.370 e. The fraction of sp³-hybridized carbons (Fsp3) is 0.500. The van der Waals surface area contributed by atoms with Crippen LogP contribution in [0, 0.1) is 13.8 Å². The summed E-state index contributed by atoms with van der Waals surface area (Å²) in [5, 5.41) is 0.723. The van der Waals surface area contributed by atoms with Gasteiger partial charge >= 0.3 is 0 Å². The number of primary amides is 1. The van der Waals surface area contributed by atoms with E-state index in [1.807, 2.05) is 13.0 Å². The quantitative estimate of drug-likeness (QED) is 0.779. The highest BCUT2D eigenvalue weighted by molar-refractivity contribution is 6.31. The van der Waals surface area contributed by atoms with Gasteiger partial charge in [-0.3, -0.25) is 4.79 Å². The summed E-state index contributed by atoms with van der Waals surface area (Å²) in [6, 6.07) is 3.93. The molecule has 0 saturated heterocycles. The molecule has 1 amide bonds. The lowest BCUT2D eigenvalue weighted by Crippen LogP contribution is -2.13. The van der Waals surface area contributed by atoms with Crippen LogP contribution in [0.3, 0.4) is 0 Å². The van der Waals surface area contributed by atoms with Crippen molar-refractivity contribution in [1.29, 1.82) is 0 Å². The van der Waals surface area contributed by atoms with Gasteiger partial charge in [0.2, 0.25) is 5.91 Å². The lowest BCUT2D eigenvalue weighted by atomic mass is 9.97. The van der Waals surface area contributed by atoms with Crippen LogP contribution < -0.4 is 11.5 Å². The smallest absolute Gasteiger partial charge is 0.217 e. The Hall–Kier alpha value is -1.06. The summed E-state index contributed by atoms with van der Waals surface area (Å²) in [5.74, 6) is -0.257. The van der Waals surface area contributed by atoms with Gasteiger partial charge in [0.25, 0.3) is 0 Å². The van der Waals surface area contributed by atoms with Crippen molar-refractivity contribution < 1.29 is 4.79 Å². The molecular weight excluding hydrogens is 248 g/mol. The van der Waals surface area contributed by atoms with E-state index in [2.05, 4.69) is 13.0 Å². The molecule has 100 valence electrons. The first-order valence-corrected chi connectivity index (χ1v) is 6.60. The summed E-state index contributed by atoms with van der Waals surface area (Å²) in [6.45, 7) is 4.08. The van der Waals surface area contributed by atoms with Gasteiger partial charge in [-0.15, -0.1) is 0 Å². The van der Waals surface area contributed by atoms with E-state index in [0.29, 0.717) is 6.42 Å². The summed E-state index contributed by atoms with van der Waals surface area (Å²) < 4.78 is 0. The molecule has 4 N–H and O–H groups in total. The van der Waals surface area contributed by atoms with Crippen molar-refractivity contribution in [1.82, 2.24) is 0 Å². The number of unbranched alkanes of at least 4 members (excludes halogenated alkanes) is 1. The Labute approximate surface area is 113 Å². The normalized spacial score (nSPS) is 12.4. The van der Waals surface area contributed by atoms with E-state index >= 15 is 0 Å². The minimum atomic E-state index is -0.257. The minimum Gasteiger partial charge on any atom is -0.370 e. The zero-order chi connectivity index (χ0) is 13.7. The van der Waals surface area contributed by atoms with Gasteiger partial charge in [-0.25, -0.2) is 0 Å². The standard InChI is InChI=1S/C14H21ClN2O/c1-9-7-11(12(15)8-10(9)2)13(16)5-3-4-6-14(17)18/h7-8,13H,3-6,16H2,1-2H3,(H2,17,18). The fourth-order valence-electron chi connectivity index (χ4n) is 1.91. The van der Waals surface area contributed by atoms with E-state index in [4.69, 9.17) is 23.1 Å². The number of aryl methyl sites for hydroxylation is 2. The highest BCUT2D eigenvalue weighted by atomic mass is 35.5. The molecule has 0 heterocycles. The Bertz CT molecular complexity index is 432. The minimum absolute atomic E-state index is 0.0790. The summed E-state index contributed by atoms with van der Waals surface area (Å²) >= 11 is 6.21. The first kappa shape index (κ1) is 15.0. The number of amides is 1. The van der Waals surface area contributed by atoms with Crippen LogP contribution in [0.15, 0.2) is 12.1 Å². The van der Waals surface area contributed by atoms with Crippen molar-refractivity contribution in [3.63, 3.8) is 0 Å². The number of rotatable bonds is 6. The molecule has 1 aromatic rings. The van der Waals surface area contributed by atoms with E-state index in [1.165, 1.54) is 11.1 Å². The third-order valence-corrected chi connectivity index (χ3v) is 3.53. The van der Waals surface area contributed by atoms with Gasteiger partial charge in [-0.1, -0.05) is 24.1 Å². The number of halogens is 1. The van der Waals surface area contributed by atoms with Crippen molar-refractivity contribution in [2.45, 2.75) is 45.6 Å². The summed E-state index contributed by atoms with van der Waals surface area (Å²) in [5.41, 5.74) is 14.6. The molecule has 1 unspecified atom stereocenters. The average Bonchev–Trinajstić information content (AvgIpc) is 2.28. The van der Waals surface area contributed by atoms with Crippen molar-refractivity contribution in [2.24, 2.45) is 11.5 Å². The van der Waals surface area contributed by atoms with Gasteiger partial charge < -0.3 is 11.5 Å². The van der Waals surface area contributed by atoms with Crippen LogP contribution >= 0.6 is 11.6 Å². The summed E-state index contributed by atoms with van der Waals surface area (Å²) in [6.07, 6.45) is 2.90. The van der Waals surface area contributed by atoms with Gasteiger partial charge in [0, 0.05) is 17.5 Å². The molecule has 0 fully saturated rings. The van der Waals surface area contributed by atoms with E-state index in [-0.39, 0.29) is 11.9 Å². The number of hydrogen-bond donors (Lipinski definition) is 2. The Balaban J connectivity index is 2.58. The lowest BCUT2D eigenvalue weighted by Gasteiger charge is -2.15. The molecule has 1 atom stereocenters. The molecule has 0 spiro atoms. The highest BCUT2D eigenvalue weighted by Crippen LogP contribution is 2.27. The number of nitrogens with two attached hydrogens (primary N) is 2. The average molecular weight is 269 g/mol. The van der Waals surface area contributed by atoms with Crippen LogP contribution in [-0.2, 0) is 4.79 Å². The predicted octanol–water partition coefficient (Wildman–Crippen LogP) is 3.00. The van der Waals surface area contributed by atoms with Crippen LogP contribution in [0.25, 0.3) is 0 Å². The van der Waals surface area contributed by atoms with Crippen molar-refractivity contribution in [2.75, 3.05) is 0 Å². The molecular formula is C14H21ClN2O.